The number of nitrogens with zero attached hydrogens (tertiary/aromatic N) is 1. The number of amides is 1. The fraction of sp³-hybridized carbons (Fsp3) is 0.500. The van der Waals surface area contributed by atoms with Gasteiger partial charge in [-0.2, -0.15) is 13.2 Å². The molecule has 0 aliphatic heterocycles. The first-order chi connectivity index (χ1) is 6.88. The van der Waals surface area contributed by atoms with Crippen molar-refractivity contribution in [2.24, 2.45) is 5.73 Å². The Bertz CT molecular complexity index is 406. The van der Waals surface area contributed by atoms with Crippen LogP contribution in [0.5, 0.6) is 0 Å². The lowest BCUT2D eigenvalue weighted by atomic mass is 9.96. The van der Waals surface area contributed by atoms with Crippen LogP contribution >= 0.6 is 0 Å². The maximum atomic E-state index is 12.7. The third-order valence-corrected chi connectivity index (χ3v) is 2.61. The van der Waals surface area contributed by atoms with Crippen LogP contribution in [-0.2, 0) is 5.41 Å². The molecule has 82 valence electrons. The summed E-state index contributed by atoms with van der Waals surface area (Å²) in [5.41, 5.74) is 2.25. The van der Waals surface area contributed by atoms with E-state index in [1.807, 2.05) is 0 Å². The van der Waals surface area contributed by atoms with Gasteiger partial charge in [-0.25, -0.2) is 0 Å². The van der Waals surface area contributed by atoms with E-state index in [0.29, 0.717) is 0 Å². The predicted molar refractivity (Wildman–Crippen MR) is 42.0 cm³/mol. The molecule has 0 saturated heterocycles. The minimum absolute atomic E-state index is 0.0575. The van der Waals surface area contributed by atoms with Gasteiger partial charge in [-0.3, -0.25) is 4.79 Å². The van der Waals surface area contributed by atoms with Crippen LogP contribution in [0, 0.1) is 0 Å². The standard InChI is InChI=1S/C8H7F3N2O2/c9-8(10,11)7(1-2-7)4-3-15-13-5(4)6(12)14/h3H,1-2H2,(H2,12,14). The van der Waals surface area contributed by atoms with E-state index in [2.05, 4.69) is 9.68 Å². The predicted octanol–water partition coefficient (Wildman–Crippen LogP) is 1.37. The van der Waals surface area contributed by atoms with Crippen LogP contribution in [0.15, 0.2) is 10.8 Å². The van der Waals surface area contributed by atoms with Gasteiger partial charge in [0.1, 0.15) is 6.26 Å². The van der Waals surface area contributed by atoms with E-state index in [4.69, 9.17) is 5.73 Å². The lowest BCUT2D eigenvalue weighted by molar-refractivity contribution is -0.160. The lowest BCUT2D eigenvalue weighted by Gasteiger charge is -2.17. The first-order valence-electron chi connectivity index (χ1n) is 4.20. The number of hydrogen-bond acceptors (Lipinski definition) is 3. The van der Waals surface area contributed by atoms with Gasteiger partial charge in [0.05, 0.1) is 5.41 Å². The molecule has 1 fully saturated rings. The Morgan fingerprint density at radius 2 is 2.13 bits per heavy atom. The van der Waals surface area contributed by atoms with Crippen molar-refractivity contribution in [3.05, 3.63) is 17.5 Å². The fourth-order valence-corrected chi connectivity index (χ4v) is 1.58. The van der Waals surface area contributed by atoms with Crippen molar-refractivity contribution in [2.45, 2.75) is 24.4 Å². The summed E-state index contributed by atoms with van der Waals surface area (Å²) < 4.78 is 42.4. The van der Waals surface area contributed by atoms with Crippen LogP contribution in [0.2, 0.25) is 0 Å². The number of carbonyl (C=O) groups excluding carboxylic acids is 1. The van der Waals surface area contributed by atoms with Crippen LogP contribution in [0.3, 0.4) is 0 Å². The number of hydrogen-bond donors (Lipinski definition) is 1. The zero-order valence-corrected chi connectivity index (χ0v) is 7.47. The zero-order chi connectivity index (χ0) is 11.3. The van der Waals surface area contributed by atoms with Crippen molar-refractivity contribution in [3.8, 4) is 0 Å². The molecule has 7 heteroatoms. The van der Waals surface area contributed by atoms with Crippen LogP contribution < -0.4 is 5.73 Å². The summed E-state index contributed by atoms with van der Waals surface area (Å²) >= 11 is 0. The van der Waals surface area contributed by atoms with Gasteiger partial charge in [-0.15, -0.1) is 0 Å². The number of aromatic nitrogens is 1. The van der Waals surface area contributed by atoms with Crippen LogP contribution in [0.1, 0.15) is 28.9 Å². The van der Waals surface area contributed by atoms with Crippen LogP contribution in [-0.4, -0.2) is 17.2 Å². The van der Waals surface area contributed by atoms with Gasteiger partial charge in [-0.1, -0.05) is 5.16 Å². The molecule has 0 spiro atoms. The minimum Gasteiger partial charge on any atom is -0.364 e. The van der Waals surface area contributed by atoms with Crippen molar-refractivity contribution in [3.63, 3.8) is 0 Å². The number of rotatable bonds is 2. The maximum absolute atomic E-state index is 12.7. The van der Waals surface area contributed by atoms with E-state index >= 15 is 0 Å². The molecule has 0 radical (unpaired) electrons. The molecule has 1 aromatic rings. The Morgan fingerprint density at radius 1 is 1.53 bits per heavy atom. The highest BCUT2D eigenvalue weighted by atomic mass is 19.4. The molecule has 1 amide bonds. The van der Waals surface area contributed by atoms with E-state index in [1.54, 1.807) is 0 Å². The molecule has 1 heterocycles. The largest absolute Gasteiger partial charge is 0.398 e. The second-order valence-corrected chi connectivity index (χ2v) is 3.52. The molecule has 15 heavy (non-hydrogen) atoms. The number of halogens is 3. The highest BCUT2D eigenvalue weighted by molar-refractivity contribution is 5.92. The number of nitrogens with two attached hydrogens (primary N) is 1. The first kappa shape index (κ1) is 10.0. The Balaban J connectivity index is 2.47. The summed E-state index contributed by atoms with van der Waals surface area (Å²) in [6, 6.07) is 0. The van der Waals surface area contributed by atoms with Gasteiger partial charge in [-0.05, 0) is 12.8 Å². The van der Waals surface area contributed by atoms with Crippen molar-refractivity contribution in [1.82, 2.24) is 5.16 Å². The molecule has 0 aromatic carbocycles. The Kier molecular flexibility index (Phi) is 1.83. The number of alkyl halides is 3. The molecule has 2 N–H and O–H groups in total. The van der Waals surface area contributed by atoms with Gasteiger partial charge < -0.3 is 10.3 Å². The lowest BCUT2D eigenvalue weighted by Crippen LogP contribution is -2.30. The maximum Gasteiger partial charge on any atom is 0.398 e. The average Bonchev–Trinajstić information content (AvgIpc) is 2.76. The Hall–Kier alpha value is -1.53. The molecule has 0 unspecified atom stereocenters. The van der Waals surface area contributed by atoms with E-state index < -0.39 is 23.2 Å². The molecule has 2 rings (SSSR count). The molecular formula is C8H7F3N2O2. The van der Waals surface area contributed by atoms with Gasteiger partial charge >= 0.3 is 6.18 Å². The number of carbonyl (C=O) groups is 1. The van der Waals surface area contributed by atoms with E-state index in [0.717, 1.165) is 6.26 Å². The monoisotopic (exact) mass is 220 g/mol. The quantitative estimate of drug-likeness (QED) is 0.818. The molecule has 4 nitrogen and oxygen atoms in total. The SMILES string of the molecule is NC(=O)c1nocc1C1(C(F)(F)F)CC1. The molecule has 0 bridgehead atoms. The zero-order valence-electron chi connectivity index (χ0n) is 7.47. The van der Waals surface area contributed by atoms with E-state index in [-0.39, 0.29) is 18.4 Å². The minimum atomic E-state index is -4.40. The van der Waals surface area contributed by atoms with Crippen LogP contribution in [0.25, 0.3) is 0 Å². The van der Waals surface area contributed by atoms with Gasteiger partial charge in [0, 0.05) is 5.56 Å². The molecular weight excluding hydrogens is 213 g/mol. The molecule has 1 saturated carbocycles. The second-order valence-electron chi connectivity index (χ2n) is 3.52. The van der Waals surface area contributed by atoms with Crippen molar-refractivity contribution in [1.29, 1.82) is 0 Å². The van der Waals surface area contributed by atoms with Crippen LogP contribution in [0.4, 0.5) is 13.2 Å². The Morgan fingerprint density at radius 3 is 2.53 bits per heavy atom. The first-order valence-corrected chi connectivity index (χ1v) is 4.20. The summed E-state index contributed by atoms with van der Waals surface area (Å²) in [5, 5.41) is 3.19. The smallest absolute Gasteiger partial charge is 0.364 e. The van der Waals surface area contributed by atoms with Crippen molar-refractivity contribution >= 4 is 5.91 Å². The normalized spacial score (nSPS) is 18.9. The topological polar surface area (TPSA) is 69.1 Å². The van der Waals surface area contributed by atoms with E-state index in [9.17, 15) is 18.0 Å². The summed E-state index contributed by atoms with van der Waals surface area (Å²) in [7, 11) is 0. The number of primary amides is 1. The van der Waals surface area contributed by atoms with Crippen molar-refractivity contribution in [2.75, 3.05) is 0 Å². The van der Waals surface area contributed by atoms with Crippen molar-refractivity contribution < 1.29 is 22.5 Å². The molecule has 0 atom stereocenters. The third-order valence-electron chi connectivity index (χ3n) is 2.61. The third kappa shape index (κ3) is 1.30. The molecule has 1 aromatic heterocycles. The fourth-order valence-electron chi connectivity index (χ4n) is 1.58. The highest BCUT2D eigenvalue weighted by Crippen LogP contribution is 2.59. The second kappa shape index (κ2) is 2.74. The van der Waals surface area contributed by atoms with Gasteiger partial charge in [0.25, 0.3) is 5.91 Å². The molecule has 1 aliphatic carbocycles. The average molecular weight is 220 g/mol. The summed E-state index contributed by atoms with van der Waals surface area (Å²) in [4.78, 5) is 10.8. The highest BCUT2D eigenvalue weighted by Gasteiger charge is 2.66. The summed E-state index contributed by atoms with van der Waals surface area (Å²) in [6.45, 7) is 0. The Labute approximate surface area is 82.2 Å². The summed E-state index contributed by atoms with van der Waals surface area (Å²) in [5.74, 6) is -1.01. The van der Waals surface area contributed by atoms with Gasteiger partial charge in [0.15, 0.2) is 5.69 Å². The summed E-state index contributed by atoms with van der Waals surface area (Å²) in [6.07, 6.45) is -3.67. The molecule has 1 aliphatic rings. The van der Waals surface area contributed by atoms with E-state index in [1.165, 1.54) is 0 Å². The van der Waals surface area contributed by atoms with Gasteiger partial charge in [0.2, 0.25) is 0 Å².